The maximum atomic E-state index is 12.0. The van der Waals surface area contributed by atoms with Gasteiger partial charge in [0.2, 0.25) is 5.91 Å². The Morgan fingerprint density at radius 1 is 1.24 bits per heavy atom. The monoisotopic (exact) mass is 493 g/mol. The molecule has 1 heterocycles. The average molecular weight is 496 g/mol. The SMILES string of the molecule is Nc1ccc(SCC(=O)Nc2c(Br)cc(Br)cc2Br)nc1. The van der Waals surface area contributed by atoms with Crippen LogP contribution in [0.1, 0.15) is 0 Å². The lowest BCUT2D eigenvalue weighted by atomic mass is 10.3. The summed E-state index contributed by atoms with van der Waals surface area (Å²) in [5.41, 5.74) is 6.87. The maximum Gasteiger partial charge on any atom is 0.234 e. The Morgan fingerprint density at radius 3 is 2.48 bits per heavy atom. The van der Waals surface area contributed by atoms with Crippen LogP contribution in [0.15, 0.2) is 48.9 Å². The minimum Gasteiger partial charge on any atom is -0.397 e. The number of hydrogen-bond acceptors (Lipinski definition) is 4. The van der Waals surface area contributed by atoms with E-state index in [4.69, 9.17) is 5.73 Å². The van der Waals surface area contributed by atoms with Crippen molar-refractivity contribution in [1.82, 2.24) is 4.98 Å². The number of nitrogen functional groups attached to an aromatic ring is 1. The Labute approximate surface area is 151 Å². The van der Waals surface area contributed by atoms with E-state index in [9.17, 15) is 4.79 Å². The highest BCUT2D eigenvalue weighted by Gasteiger charge is 2.11. The molecule has 4 nitrogen and oxygen atoms in total. The van der Waals surface area contributed by atoms with E-state index in [1.165, 1.54) is 11.8 Å². The van der Waals surface area contributed by atoms with Crippen molar-refractivity contribution in [1.29, 1.82) is 0 Å². The summed E-state index contributed by atoms with van der Waals surface area (Å²) < 4.78 is 2.51. The predicted molar refractivity (Wildman–Crippen MR) is 97.5 cm³/mol. The first kappa shape index (κ1) is 16.8. The van der Waals surface area contributed by atoms with Gasteiger partial charge in [0.25, 0.3) is 0 Å². The van der Waals surface area contributed by atoms with E-state index in [1.54, 1.807) is 18.3 Å². The summed E-state index contributed by atoms with van der Waals surface area (Å²) >= 11 is 11.6. The van der Waals surface area contributed by atoms with Crippen LogP contribution in [0.3, 0.4) is 0 Å². The van der Waals surface area contributed by atoms with Crippen molar-refractivity contribution < 1.29 is 4.79 Å². The van der Waals surface area contributed by atoms with Crippen LogP contribution in [-0.2, 0) is 4.79 Å². The number of carbonyl (C=O) groups is 1. The topological polar surface area (TPSA) is 68.0 Å². The lowest BCUT2D eigenvalue weighted by Crippen LogP contribution is -2.15. The van der Waals surface area contributed by atoms with Gasteiger partial charge in [-0.25, -0.2) is 4.98 Å². The normalized spacial score (nSPS) is 10.4. The van der Waals surface area contributed by atoms with Crippen molar-refractivity contribution in [2.45, 2.75) is 5.03 Å². The zero-order valence-corrected chi connectivity index (χ0v) is 16.1. The zero-order chi connectivity index (χ0) is 15.4. The van der Waals surface area contributed by atoms with Crippen LogP contribution in [0.5, 0.6) is 0 Å². The molecule has 0 saturated heterocycles. The number of rotatable bonds is 4. The number of thioether (sulfide) groups is 1. The van der Waals surface area contributed by atoms with Crippen molar-refractivity contribution >= 4 is 76.8 Å². The standard InChI is InChI=1S/C13H10Br3N3OS/c14-7-3-9(15)13(10(16)4-7)19-11(20)6-21-12-2-1-8(17)5-18-12/h1-5H,6,17H2,(H,19,20). The molecule has 110 valence electrons. The molecular weight excluding hydrogens is 486 g/mol. The van der Waals surface area contributed by atoms with Crippen LogP contribution in [-0.4, -0.2) is 16.6 Å². The molecule has 0 fully saturated rings. The quantitative estimate of drug-likeness (QED) is 0.604. The van der Waals surface area contributed by atoms with Crippen LogP contribution in [0.2, 0.25) is 0 Å². The second-order valence-electron chi connectivity index (χ2n) is 4.01. The summed E-state index contributed by atoms with van der Waals surface area (Å²) in [6.45, 7) is 0. The molecule has 2 aromatic rings. The van der Waals surface area contributed by atoms with Gasteiger partial charge in [-0.2, -0.15) is 0 Å². The van der Waals surface area contributed by atoms with Gasteiger partial charge in [0.15, 0.2) is 0 Å². The molecule has 1 aromatic heterocycles. The van der Waals surface area contributed by atoms with Crippen molar-refractivity contribution in [3.63, 3.8) is 0 Å². The van der Waals surface area contributed by atoms with Crippen LogP contribution in [0.4, 0.5) is 11.4 Å². The second kappa shape index (κ2) is 7.62. The number of benzene rings is 1. The van der Waals surface area contributed by atoms with E-state index in [-0.39, 0.29) is 11.7 Å². The third kappa shape index (κ3) is 4.98. The van der Waals surface area contributed by atoms with Gasteiger partial charge in [-0.3, -0.25) is 4.79 Å². The van der Waals surface area contributed by atoms with E-state index in [2.05, 4.69) is 58.1 Å². The largest absolute Gasteiger partial charge is 0.397 e. The van der Waals surface area contributed by atoms with Gasteiger partial charge in [-0.15, -0.1) is 0 Å². The Bertz CT molecular complexity index is 641. The number of pyridine rings is 1. The van der Waals surface area contributed by atoms with Crippen molar-refractivity contribution in [3.05, 3.63) is 43.9 Å². The first-order chi connectivity index (χ1) is 9.95. The third-order valence-electron chi connectivity index (χ3n) is 2.38. The third-order valence-corrected chi connectivity index (χ3v) is 5.03. The number of nitrogens with zero attached hydrogens (tertiary/aromatic N) is 1. The van der Waals surface area contributed by atoms with Crippen LogP contribution >= 0.6 is 59.6 Å². The molecule has 0 radical (unpaired) electrons. The molecule has 8 heteroatoms. The summed E-state index contributed by atoms with van der Waals surface area (Å²) in [6.07, 6.45) is 1.57. The Morgan fingerprint density at radius 2 is 1.90 bits per heavy atom. The second-order valence-corrected chi connectivity index (χ2v) is 7.63. The number of hydrogen-bond donors (Lipinski definition) is 2. The highest BCUT2D eigenvalue weighted by molar-refractivity contribution is 9.11. The van der Waals surface area contributed by atoms with Crippen LogP contribution < -0.4 is 11.1 Å². The van der Waals surface area contributed by atoms with Crippen LogP contribution in [0, 0.1) is 0 Å². The molecule has 21 heavy (non-hydrogen) atoms. The van der Waals surface area contributed by atoms with E-state index in [1.807, 2.05) is 12.1 Å². The minimum atomic E-state index is -0.109. The summed E-state index contributed by atoms with van der Waals surface area (Å²) in [4.78, 5) is 16.1. The van der Waals surface area contributed by atoms with E-state index in [0.29, 0.717) is 11.4 Å². The van der Waals surface area contributed by atoms with Gasteiger partial charge in [0.05, 0.1) is 28.4 Å². The molecule has 0 saturated carbocycles. The molecule has 0 aliphatic carbocycles. The van der Waals surface area contributed by atoms with Crippen LogP contribution in [0.25, 0.3) is 0 Å². The summed E-state index contributed by atoms with van der Waals surface area (Å²) in [5.74, 6) is 0.161. The zero-order valence-electron chi connectivity index (χ0n) is 10.6. The van der Waals surface area contributed by atoms with E-state index < -0.39 is 0 Å². The van der Waals surface area contributed by atoms with Gasteiger partial charge in [0.1, 0.15) is 0 Å². The molecule has 0 aliphatic heterocycles. The number of anilines is 2. The highest BCUT2D eigenvalue weighted by atomic mass is 79.9. The van der Waals surface area contributed by atoms with E-state index >= 15 is 0 Å². The molecule has 2 rings (SSSR count). The predicted octanol–water partition coefficient (Wildman–Crippen LogP) is 4.68. The molecule has 0 unspecified atom stereocenters. The van der Waals surface area contributed by atoms with Gasteiger partial charge >= 0.3 is 0 Å². The lowest BCUT2D eigenvalue weighted by molar-refractivity contribution is -0.113. The molecule has 0 spiro atoms. The van der Waals surface area contributed by atoms with Crippen molar-refractivity contribution in [3.8, 4) is 0 Å². The van der Waals surface area contributed by atoms with E-state index in [0.717, 1.165) is 18.4 Å². The molecular formula is C13H10Br3N3OS. The lowest BCUT2D eigenvalue weighted by Gasteiger charge is -2.10. The number of nitrogens with one attached hydrogen (secondary N) is 1. The molecule has 0 bridgehead atoms. The Hall–Kier alpha value is -0.570. The van der Waals surface area contributed by atoms with Gasteiger partial charge in [-0.05, 0) is 56.1 Å². The fraction of sp³-hybridized carbons (Fsp3) is 0.0769. The number of carbonyl (C=O) groups excluding carboxylic acids is 1. The Kier molecular flexibility index (Phi) is 6.09. The fourth-order valence-electron chi connectivity index (χ4n) is 1.45. The average Bonchev–Trinajstić information content (AvgIpc) is 2.42. The van der Waals surface area contributed by atoms with Gasteiger partial charge in [0, 0.05) is 13.4 Å². The van der Waals surface area contributed by atoms with Gasteiger partial charge in [-0.1, -0.05) is 27.7 Å². The number of amides is 1. The molecule has 1 amide bonds. The molecule has 0 aliphatic rings. The molecule has 3 N–H and O–H groups in total. The fourth-order valence-corrected chi connectivity index (χ4v) is 4.55. The Balaban J connectivity index is 1.97. The highest BCUT2D eigenvalue weighted by Crippen LogP contribution is 2.34. The number of aromatic nitrogens is 1. The van der Waals surface area contributed by atoms with Crippen molar-refractivity contribution in [2.75, 3.05) is 16.8 Å². The first-order valence-corrected chi connectivity index (χ1v) is 9.11. The summed E-state index contributed by atoms with van der Waals surface area (Å²) in [6, 6.07) is 7.29. The van der Waals surface area contributed by atoms with Crippen molar-refractivity contribution in [2.24, 2.45) is 0 Å². The summed E-state index contributed by atoms with van der Waals surface area (Å²) in [7, 11) is 0. The minimum absolute atomic E-state index is 0.109. The number of halogens is 3. The first-order valence-electron chi connectivity index (χ1n) is 5.74. The smallest absolute Gasteiger partial charge is 0.234 e. The molecule has 0 atom stereocenters. The summed E-state index contributed by atoms with van der Waals surface area (Å²) in [5, 5.41) is 3.62. The number of nitrogens with two attached hydrogens (primary N) is 1. The van der Waals surface area contributed by atoms with Gasteiger partial charge < -0.3 is 11.1 Å². The maximum absolute atomic E-state index is 12.0. The molecule has 1 aromatic carbocycles.